The predicted molar refractivity (Wildman–Crippen MR) is 90.9 cm³/mol. The summed E-state index contributed by atoms with van der Waals surface area (Å²) in [4.78, 5) is 23.1. The molecular weight excluding hydrogens is 318 g/mol. The molecule has 1 saturated heterocycles. The van der Waals surface area contributed by atoms with E-state index in [9.17, 15) is 4.79 Å². The molecular formula is C18H21N5O2. The third-order valence-corrected chi connectivity index (χ3v) is 4.48. The normalized spacial score (nSPS) is 17.3. The molecule has 0 N–H and O–H groups in total. The summed E-state index contributed by atoms with van der Waals surface area (Å²) >= 11 is 0. The molecule has 1 aliphatic rings. The first-order valence-electron chi connectivity index (χ1n) is 8.38. The first-order valence-corrected chi connectivity index (χ1v) is 8.38. The van der Waals surface area contributed by atoms with Gasteiger partial charge in [-0.05, 0) is 25.0 Å². The van der Waals surface area contributed by atoms with E-state index in [1.807, 2.05) is 17.2 Å². The monoisotopic (exact) mass is 339 g/mol. The number of hydrogen-bond acceptors (Lipinski definition) is 5. The van der Waals surface area contributed by atoms with Crippen molar-refractivity contribution in [1.82, 2.24) is 19.4 Å². The Hall–Kier alpha value is -2.72. The summed E-state index contributed by atoms with van der Waals surface area (Å²) in [6.07, 6.45) is 7.19. The van der Waals surface area contributed by atoms with E-state index in [4.69, 9.17) is 10.00 Å². The van der Waals surface area contributed by atoms with Crippen molar-refractivity contribution in [3.05, 3.63) is 47.8 Å². The molecule has 130 valence electrons. The quantitative estimate of drug-likeness (QED) is 0.829. The van der Waals surface area contributed by atoms with Crippen molar-refractivity contribution in [2.24, 2.45) is 0 Å². The van der Waals surface area contributed by atoms with E-state index < -0.39 is 0 Å². The second kappa shape index (κ2) is 7.90. The fraction of sp³-hybridized carbons (Fsp3) is 0.444. The summed E-state index contributed by atoms with van der Waals surface area (Å²) < 4.78 is 7.25. The highest BCUT2D eigenvalue weighted by Gasteiger charge is 2.28. The maximum atomic E-state index is 12.7. The van der Waals surface area contributed by atoms with Crippen molar-refractivity contribution in [3.63, 3.8) is 0 Å². The molecule has 25 heavy (non-hydrogen) atoms. The molecule has 2 aromatic heterocycles. The van der Waals surface area contributed by atoms with Crippen LogP contribution in [0.3, 0.4) is 0 Å². The van der Waals surface area contributed by atoms with Crippen LogP contribution in [0, 0.1) is 11.3 Å². The Labute approximate surface area is 146 Å². The van der Waals surface area contributed by atoms with Crippen molar-refractivity contribution < 1.29 is 9.53 Å². The van der Waals surface area contributed by atoms with Crippen molar-refractivity contribution in [3.8, 4) is 6.07 Å². The van der Waals surface area contributed by atoms with Gasteiger partial charge in [0.1, 0.15) is 17.6 Å². The number of carbonyl (C=O) groups is 1. The Morgan fingerprint density at radius 3 is 3.04 bits per heavy atom. The van der Waals surface area contributed by atoms with E-state index >= 15 is 0 Å². The Morgan fingerprint density at radius 1 is 1.44 bits per heavy atom. The summed E-state index contributed by atoms with van der Waals surface area (Å²) in [5.74, 6) is 1.18. The number of nitriles is 1. The molecule has 1 unspecified atom stereocenters. The Morgan fingerprint density at radius 2 is 2.32 bits per heavy atom. The van der Waals surface area contributed by atoms with Gasteiger partial charge in [0, 0.05) is 51.3 Å². The maximum Gasteiger partial charge on any atom is 0.255 e. The van der Waals surface area contributed by atoms with Gasteiger partial charge in [0.05, 0.1) is 12.2 Å². The largest absolute Gasteiger partial charge is 0.383 e. The summed E-state index contributed by atoms with van der Waals surface area (Å²) in [5.41, 5.74) is 0.829. The highest BCUT2D eigenvalue weighted by molar-refractivity contribution is 5.94. The smallest absolute Gasteiger partial charge is 0.255 e. The SMILES string of the molecule is COCCn1ccnc1C1CCCN(C(=O)c2ccc(C#N)nc2)C1. The number of ether oxygens (including phenoxy) is 1. The lowest BCUT2D eigenvalue weighted by Crippen LogP contribution is -2.39. The van der Waals surface area contributed by atoms with Crippen LogP contribution >= 0.6 is 0 Å². The van der Waals surface area contributed by atoms with E-state index in [0.29, 0.717) is 24.4 Å². The molecule has 0 aliphatic carbocycles. The third-order valence-electron chi connectivity index (χ3n) is 4.48. The van der Waals surface area contributed by atoms with Gasteiger partial charge in [-0.3, -0.25) is 4.79 Å². The van der Waals surface area contributed by atoms with Crippen LogP contribution < -0.4 is 0 Å². The van der Waals surface area contributed by atoms with Crippen LogP contribution in [-0.4, -0.2) is 52.1 Å². The maximum absolute atomic E-state index is 12.7. The molecule has 7 heteroatoms. The van der Waals surface area contributed by atoms with E-state index in [1.54, 1.807) is 25.4 Å². The molecule has 2 aromatic rings. The average molecular weight is 339 g/mol. The highest BCUT2D eigenvalue weighted by Crippen LogP contribution is 2.26. The summed E-state index contributed by atoms with van der Waals surface area (Å²) in [5, 5.41) is 8.82. The number of imidazole rings is 1. The van der Waals surface area contributed by atoms with Gasteiger partial charge < -0.3 is 14.2 Å². The van der Waals surface area contributed by atoms with Gasteiger partial charge >= 0.3 is 0 Å². The van der Waals surface area contributed by atoms with Crippen molar-refractivity contribution >= 4 is 5.91 Å². The van der Waals surface area contributed by atoms with Crippen LogP contribution in [0.15, 0.2) is 30.7 Å². The van der Waals surface area contributed by atoms with Gasteiger partial charge in [-0.15, -0.1) is 0 Å². The summed E-state index contributed by atoms with van der Waals surface area (Å²) in [6, 6.07) is 5.20. The van der Waals surface area contributed by atoms with Crippen LogP contribution in [0.5, 0.6) is 0 Å². The van der Waals surface area contributed by atoms with Crippen LogP contribution in [-0.2, 0) is 11.3 Å². The lowest BCUT2D eigenvalue weighted by molar-refractivity contribution is 0.0702. The average Bonchev–Trinajstić information content (AvgIpc) is 3.14. The second-order valence-corrected chi connectivity index (χ2v) is 6.11. The molecule has 1 fully saturated rings. The molecule has 1 amide bonds. The van der Waals surface area contributed by atoms with E-state index in [2.05, 4.69) is 14.5 Å². The zero-order valence-electron chi connectivity index (χ0n) is 14.3. The summed E-state index contributed by atoms with van der Waals surface area (Å²) in [7, 11) is 1.68. The Balaban J connectivity index is 1.71. The number of rotatable bonds is 5. The molecule has 1 atom stereocenters. The molecule has 3 rings (SSSR count). The number of hydrogen-bond donors (Lipinski definition) is 0. The Kier molecular flexibility index (Phi) is 5.41. The second-order valence-electron chi connectivity index (χ2n) is 6.11. The minimum absolute atomic E-state index is 0.0447. The highest BCUT2D eigenvalue weighted by atomic mass is 16.5. The topological polar surface area (TPSA) is 84.0 Å². The van der Waals surface area contributed by atoms with Gasteiger partial charge in [0.2, 0.25) is 0 Å². The molecule has 0 spiro atoms. The van der Waals surface area contributed by atoms with Crippen LogP contribution in [0.1, 0.15) is 40.6 Å². The minimum atomic E-state index is -0.0447. The van der Waals surface area contributed by atoms with Gasteiger partial charge in [-0.25, -0.2) is 9.97 Å². The molecule has 0 aromatic carbocycles. The number of methoxy groups -OCH3 is 1. The van der Waals surface area contributed by atoms with Crippen molar-refractivity contribution in [2.45, 2.75) is 25.3 Å². The van der Waals surface area contributed by atoms with E-state index in [0.717, 1.165) is 31.8 Å². The number of nitrogens with zero attached hydrogens (tertiary/aromatic N) is 5. The number of aromatic nitrogens is 3. The van der Waals surface area contributed by atoms with E-state index in [1.165, 1.54) is 6.20 Å². The number of carbonyl (C=O) groups excluding carboxylic acids is 1. The van der Waals surface area contributed by atoms with Gasteiger partial charge in [0.25, 0.3) is 5.91 Å². The van der Waals surface area contributed by atoms with Crippen LogP contribution in [0.4, 0.5) is 0 Å². The van der Waals surface area contributed by atoms with Crippen LogP contribution in [0.2, 0.25) is 0 Å². The molecule has 3 heterocycles. The molecule has 0 bridgehead atoms. The fourth-order valence-electron chi connectivity index (χ4n) is 3.20. The van der Waals surface area contributed by atoms with Gasteiger partial charge in [0.15, 0.2) is 0 Å². The molecule has 0 saturated carbocycles. The molecule has 1 aliphatic heterocycles. The van der Waals surface area contributed by atoms with Crippen molar-refractivity contribution in [2.75, 3.05) is 26.8 Å². The minimum Gasteiger partial charge on any atom is -0.383 e. The zero-order valence-corrected chi connectivity index (χ0v) is 14.3. The first kappa shape index (κ1) is 17.1. The van der Waals surface area contributed by atoms with Gasteiger partial charge in [-0.2, -0.15) is 5.26 Å². The number of pyridine rings is 1. The van der Waals surface area contributed by atoms with Crippen molar-refractivity contribution in [1.29, 1.82) is 5.26 Å². The zero-order chi connectivity index (χ0) is 17.6. The first-order chi connectivity index (χ1) is 12.2. The molecule has 7 nitrogen and oxygen atoms in total. The lowest BCUT2D eigenvalue weighted by atomic mass is 9.96. The third kappa shape index (κ3) is 3.86. The van der Waals surface area contributed by atoms with Crippen LogP contribution in [0.25, 0.3) is 0 Å². The number of amides is 1. The van der Waals surface area contributed by atoms with Gasteiger partial charge in [-0.1, -0.05) is 0 Å². The number of likely N-dealkylation sites (tertiary alicyclic amines) is 1. The lowest BCUT2D eigenvalue weighted by Gasteiger charge is -2.32. The number of piperidine rings is 1. The fourth-order valence-corrected chi connectivity index (χ4v) is 3.20. The van der Waals surface area contributed by atoms with E-state index in [-0.39, 0.29) is 11.8 Å². The molecule has 0 radical (unpaired) electrons. The standard InChI is InChI=1S/C18H21N5O2/c1-25-10-9-22-8-6-20-17(22)15-3-2-7-23(13-15)18(24)14-4-5-16(11-19)21-12-14/h4-6,8,12,15H,2-3,7,9-10,13H2,1H3. The predicted octanol–water partition coefficient (Wildman–Crippen LogP) is 1.82. The Bertz CT molecular complexity index is 763. The summed E-state index contributed by atoms with van der Waals surface area (Å²) in [6.45, 7) is 2.77.